The third kappa shape index (κ3) is 3.71. The first kappa shape index (κ1) is 11.9. The lowest BCUT2D eigenvalue weighted by molar-refractivity contribution is 0.491. The van der Waals surface area contributed by atoms with Crippen molar-refractivity contribution in [3.05, 3.63) is 54.1 Å². The number of aromatic amines is 1. The smallest absolute Gasteiger partial charge is 0.0922 e. The van der Waals surface area contributed by atoms with Crippen LogP contribution in [0.25, 0.3) is 0 Å². The lowest BCUT2D eigenvalue weighted by Crippen LogP contribution is -2.30. The minimum absolute atomic E-state index is 0.515. The Morgan fingerprint density at radius 1 is 1.29 bits per heavy atom. The highest BCUT2D eigenvalue weighted by atomic mass is 15.0. The number of rotatable bonds is 6. The summed E-state index contributed by atoms with van der Waals surface area (Å²) < 4.78 is 0. The van der Waals surface area contributed by atoms with Crippen LogP contribution >= 0.6 is 0 Å². The van der Waals surface area contributed by atoms with Crippen molar-refractivity contribution in [1.82, 2.24) is 15.3 Å². The van der Waals surface area contributed by atoms with Crippen molar-refractivity contribution in [3.8, 4) is 0 Å². The fourth-order valence-corrected chi connectivity index (χ4v) is 1.90. The van der Waals surface area contributed by atoms with E-state index in [0.29, 0.717) is 6.04 Å². The Morgan fingerprint density at radius 3 is 2.76 bits per heavy atom. The van der Waals surface area contributed by atoms with Gasteiger partial charge < -0.3 is 10.3 Å². The zero-order valence-corrected chi connectivity index (χ0v) is 10.2. The third-order valence-corrected chi connectivity index (χ3v) is 2.95. The number of nitrogens with zero attached hydrogens (tertiary/aromatic N) is 1. The molecule has 0 aliphatic rings. The summed E-state index contributed by atoms with van der Waals surface area (Å²) in [5.74, 6) is 0. The minimum atomic E-state index is 0.515. The van der Waals surface area contributed by atoms with Gasteiger partial charge in [0.1, 0.15) is 0 Å². The molecule has 0 saturated heterocycles. The highest BCUT2D eigenvalue weighted by Crippen LogP contribution is 2.06. The van der Waals surface area contributed by atoms with Crippen molar-refractivity contribution in [1.29, 1.82) is 0 Å². The zero-order valence-electron chi connectivity index (χ0n) is 10.2. The highest BCUT2D eigenvalue weighted by molar-refractivity contribution is 5.15. The van der Waals surface area contributed by atoms with Crippen molar-refractivity contribution >= 4 is 0 Å². The molecule has 17 heavy (non-hydrogen) atoms. The average Bonchev–Trinajstić information content (AvgIpc) is 2.89. The Hall–Kier alpha value is -1.61. The SMILES string of the molecule is CCC(Cc1ccccc1)NCc1cnc[nH]1. The van der Waals surface area contributed by atoms with Crippen molar-refractivity contribution in [3.63, 3.8) is 0 Å². The van der Waals surface area contributed by atoms with E-state index in [9.17, 15) is 0 Å². The van der Waals surface area contributed by atoms with E-state index < -0.39 is 0 Å². The average molecular weight is 229 g/mol. The van der Waals surface area contributed by atoms with E-state index >= 15 is 0 Å². The molecule has 0 saturated carbocycles. The Bertz CT molecular complexity index is 408. The largest absolute Gasteiger partial charge is 0.347 e. The molecule has 1 unspecified atom stereocenters. The molecule has 1 aromatic heterocycles. The number of H-pyrrole nitrogens is 1. The van der Waals surface area contributed by atoms with E-state index in [1.807, 2.05) is 6.20 Å². The summed E-state index contributed by atoms with van der Waals surface area (Å²) >= 11 is 0. The van der Waals surface area contributed by atoms with E-state index in [1.54, 1.807) is 6.33 Å². The van der Waals surface area contributed by atoms with E-state index in [-0.39, 0.29) is 0 Å². The number of nitrogens with one attached hydrogen (secondary N) is 2. The van der Waals surface area contributed by atoms with Crippen molar-refractivity contribution < 1.29 is 0 Å². The van der Waals surface area contributed by atoms with Crippen LogP contribution in [0.15, 0.2) is 42.9 Å². The Labute approximate surface area is 102 Å². The maximum absolute atomic E-state index is 4.01. The van der Waals surface area contributed by atoms with Gasteiger partial charge in [0.2, 0.25) is 0 Å². The summed E-state index contributed by atoms with van der Waals surface area (Å²) in [5, 5.41) is 3.55. The van der Waals surface area contributed by atoms with Crippen molar-refractivity contribution in [2.75, 3.05) is 0 Å². The zero-order chi connectivity index (χ0) is 11.9. The fraction of sp³-hybridized carbons (Fsp3) is 0.357. The molecule has 0 bridgehead atoms. The fourth-order valence-electron chi connectivity index (χ4n) is 1.90. The number of aromatic nitrogens is 2. The summed E-state index contributed by atoms with van der Waals surface area (Å²) in [7, 11) is 0. The monoisotopic (exact) mass is 229 g/mol. The Morgan fingerprint density at radius 2 is 2.12 bits per heavy atom. The maximum Gasteiger partial charge on any atom is 0.0922 e. The summed E-state index contributed by atoms with van der Waals surface area (Å²) in [4.78, 5) is 7.12. The molecule has 0 fully saturated rings. The molecule has 0 amide bonds. The second-order valence-electron chi connectivity index (χ2n) is 4.25. The summed E-state index contributed by atoms with van der Waals surface area (Å²) in [6.45, 7) is 3.07. The summed E-state index contributed by atoms with van der Waals surface area (Å²) in [6.07, 6.45) is 5.78. The van der Waals surface area contributed by atoms with Gasteiger partial charge >= 0.3 is 0 Å². The van der Waals surface area contributed by atoms with Gasteiger partial charge in [0.15, 0.2) is 0 Å². The van der Waals surface area contributed by atoms with Crippen LogP contribution in [0, 0.1) is 0 Å². The van der Waals surface area contributed by atoms with Crippen LogP contribution in [0.2, 0.25) is 0 Å². The molecule has 0 aliphatic carbocycles. The van der Waals surface area contributed by atoms with E-state index in [4.69, 9.17) is 0 Å². The molecule has 1 aromatic carbocycles. The number of benzene rings is 1. The molecule has 3 heteroatoms. The number of imidazole rings is 1. The third-order valence-electron chi connectivity index (χ3n) is 2.95. The first-order valence-electron chi connectivity index (χ1n) is 6.13. The molecular weight excluding hydrogens is 210 g/mol. The summed E-state index contributed by atoms with van der Waals surface area (Å²) in [6, 6.07) is 11.1. The van der Waals surface area contributed by atoms with Gasteiger partial charge in [0.25, 0.3) is 0 Å². The van der Waals surface area contributed by atoms with Crippen molar-refractivity contribution in [2.45, 2.75) is 32.4 Å². The van der Waals surface area contributed by atoms with Crippen molar-refractivity contribution in [2.24, 2.45) is 0 Å². The quantitative estimate of drug-likeness (QED) is 0.799. The van der Waals surface area contributed by atoms with E-state index in [0.717, 1.165) is 25.1 Å². The molecule has 2 N–H and O–H groups in total. The molecule has 0 radical (unpaired) electrons. The van der Waals surface area contributed by atoms with Gasteiger partial charge in [-0.05, 0) is 18.4 Å². The van der Waals surface area contributed by atoms with E-state index in [1.165, 1.54) is 5.56 Å². The van der Waals surface area contributed by atoms with Crippen LogP contribution in [0.4, 0.5) is 0 Å². The molecular formula is C14H19N3. The van der Waals surface area contributed by atoms with Crippen LogP contribution in [-0.4, -0.2) is 16.0 Å². The molecule has 1 heterocycles. The molecule has 0 spiro atoms. The lowest BCUT2D eigenvalue weighted by atomic mass is 10.0. The molecule has 2 aromatic rings. The van der Waals surface area contributed by atoms with Crippen LogP contribution in [0.3, 0.4) is 0 Å². The van der Waals surface area contributed by atoms with Gasteiger partial charge in [0, 0.05) is 24.5 Å². The van der Waals surface area contributed by atoms with Gasteiger partial charge in [-0.25, -0.2) is 4.98 Å². The number of hydrogen-bond acceptors (Lipinski definition) is 2. The number of hydrogen-bond donors (Lipinski definition) is 2. The predicted molar refractivity (Wildman–Crippen MR) is 69.7 cm³/mol. The lowest BCUT2D eigenvalue weighted by Gasteiger charge is -2.16. The van der Waals surface area contributed by atoms with Crippen LogP contribution in [-0.2, 0) is 13.0 Å². The maximum atomic E-state index is 4.01. The Balaban J connectivity index is 1.85. The standard InChI is InChI=1S/C14H19N3/c1-2-13(8-12-6-4-3-5-7-12)16-10-14-9-15-11-17-14/h3-7,9,11,13,16H,2,8,10H2,1H3,(H,15,17). The first-order valence-corrected chi connectivity index (χ1v) is 6.13. The normalized spacial score (nSPS) is 12.5. The van der Waals surface area contributed by atoms with Gasteiger partial charge in [-0.2, -0.15) is 0 Å². The molecule has 1 atom stereocenters. The Kier molecular flexibility index (Phi) is 4.33. The molecule has 3 nitrogen and oxygen atoms in total. The molecule has 90 valence electrons. The van der Waals surface area contributed by atoms with Gasteiger partial charge in [0.05, 0.1) is 6.33 Å². The van der Waals surface area contributed by atoms with Gasteiger partial charge in [-0.3, -0.25) is 0 Å². The van der Waals surface area contributed by atoms with Crippen LogP contribution < -0.4 is 5.32 Å². The van der Waals surface area contributed by atoms with E-state index in [2.05, 4.69) is 52.5 Å². The van der Waals surface area contributed by atoms with Gasteiger partial charge in [-0.15, -0.1) is 0 Å². The highest BCUT2D eigenvalue weighted by Gasteiger charge is 2.06. The topological polar surface area (TPSA) is 40.7 Å². The first-order chi connectivity index (χ1) is 8.38. The second-order valence-corrected chi connectivity index (χ2v) is 4.25. The second kappa shape index (κ2) is 6.21. The van der Waals surface area contributed by atoms with Crippen LogP contribution in [0.1, 0.15) is 24.6 Å². The summed E-state index contributed by atoms with van der Waals surface area (Å²) in [5.41, 5.74) is 2.52. The van der Waals surface area contributed by atoms with Crippen LogP contribution in [0.5, 0.6) is 0 Å². The minimum Gasteiger partial charge on any atom is -0.347 e. The molecule has 2 rings (SSSR count). The predicted octanol–water partition coefficient (Wildman–Crippen LogP) is 2.52. The van der Waals surface area contributed by atoms with Gasteiger partial charge in [-0.1, -0.05) is 37.3 Å². The molecule has 0 aliphatic heterocycles.